The number of aliphatic imine (C=N–C) groups is 1. The predicted molar refractivity (Wildman–Crippen MR) is 75.2 cm³/mol. The molecule has 0 aromatic heterocycles. The van der Waals surface area contributed by atoms with Crippen molar-refractivity contribution in [2.75, 3.05) is 19.6 Å². The van der Waals surface area contributed by atoms with Crippen molar-refractivity contribution >= 4 is 5.90 Å². The van der Waals surface area contributed by atoms with Gasteiger partial charge in [0, 0.05) is 18.2 Å². The van der Waals surface area contributed by atoms with E-state index in [4.69, 9.17) is 16.2 Å². The summed E-state index contributed by atoms with van der Waals surface area (Å²) in [5, 5.41) is 3.34. The fourth-order valence-corrected chi connectivity index (χ4v) is 1.99. The van der Waals surface area contributed by atoms with Crippen molar-refractivity contribution in [3.8, 4) is 0 Å². The third-order valence-corrected chi connectivity index (χ3v) is 2.86. The van der Waals surface area contributed by atoms with Crippen molar-refractivity contribution in [3.63, 3.8) is 0 Å². The fourth-order valence-electron chi connectivity index (χ4n) is 1.99. The molecule has 1 aliphatic heterocycles. The Labute approximate surface area is 110 Å². The van der Waals surface area contributed by atoms with Gasteiger partial charge < -0.3 is 15.8 Å². The van der Waals surface area contributed by atoms with E-state index in [2.05, 4.69) is 10.3 Å². The van der Waals surface area contributed by atoms with Gasteiger partial charge in [0.15, 0.2) is 5.90 Å². The molecule has 1 heterocycles. The van der Waals surface area contributed by atoms with Gasteiger partial charge in [0.25, 0.3) is 0 Å². The lowest BCUT2D eigenvalue weighted by Gasteiger charge is -2.25. The van der Waals surface area contributed by atoms with Crippen molar-refractivity contribution in [1.82, 2.24) is 5.32 Å². The Morgan fingerprint density at radius 2 is 2.17 bits per heavy atom. The van der Waals surface area contributed by atoms with Crippen LogP contribution in [0.2, 0.25) is 0 Å². The van der Waals surface area contributed by atoms with Gasteiger partial charge in [-0.2, -0.15) is 0 Å². The van der Waals surface area contributed by atoms with Crippen LogP contribution < -0.4 is 16.8 Å². The summed E-state index contributed by atoms with van der Waals surface area (Å²) in [4.78, 5) is 4.55. The number of allylic oxidation sites excluding steroid dienone is 1. The van der Waals surface area contributed by atoms with Gasteiger partial charge in [0.1, 0.15) is 6.23 Å². The standard InChI is InChI=1S/C13H26N4O/c1-10(14)4-3-7-17-13(18-11(2)15)12-5-8-16-9-6-12/h4,11-12,16H,3,5-9,14-15H2,1-2H3/b10-4-,17-13?. The number of hydrogen-bond donors (Lipinski definition) is 3. The highest BCUT2D eigenvalue weighted by molar-refractivity contribution is 5.79. The second-order valence-corrected chi connectivity index (χ2v) is 4.80. The molecule has 1 fully saturated rings. The maximum absolute atomic E-state index is 5.70. The van der Waals surface area contributed by atoms with Crippen LogP contribution in [0.1, 0.15) is 33.1 Å². The normalized spacial score (nSPS) is 20.8. The Bertz CT molecular complexity index is 289. The highest BCUT2D eigenvalue weighted by Crippen LogP contribution is 2.15. The number of piperidine rings is 1. The lowest BCUT2D eigenvalue weighted by molar-refractivity contribution is 0.191. The first kappa shape index (κ1) is 15.0. The van der Waals surface area contributed by atoms with Crippen LogP contribution in [-0.4, -0.2) is 31.8 Å². The molecule has 0 saturated carbocycles. The predicted octanol–water partition coefficient (Wildman–Crippen LogP) is 0.958. The van der Waals surface area contributed by atoms with E-state index >= 15 is 0 Å². The van der Waals surface area contributed by atoms with E-state index in [1.807, 2.05) is 19.9 Å². The van der Waals surface area contributed by atoms with E-state index in [0.29, 0.717) is 12.5 Å². The van der Waals surface area contributed by atoms with Crippen molar-refractivity contribution in [2.45, 2.75) is 39.3 Å². The van der Waals surface area contributed by atoms with Crippen molar-refractivity contribution < 1.29 is 4.74 Å². The monoisotopic (exact) mass is 254 g/mol. The van der Waals surface area contributed by atoms with E-state index < -0.39 is 0 Å². The summed E-state index contributed by atoms with van der Waals surface area (Å²) in [5.41, 5.74) is 12.1. The summed E-state index contributed by atoms with van der Waals surface area (Å²) >= 11 is 0. The second-order valence-electron chi connectivity index (χ2n) is 4.80. The minimum Gasteiger partial charge on any atom is -0.463 e. The Balaban J connectivity index is 2.52. The Morgan fingerprint density at radius 1 is 1.50 bits per heavy atom. The van der Waals surface area contributed by atoms with Crippen molar-refractivity contribution in [2.24, 2.45) is 22.4 Å². The molecule has 1 aliphatic rings. The Kier molecular flexibility index (Phi) is 6.75. The van der Waals surface area contributed by atoms with Crippen LogP contribution >= 0.6 is 0 Å². The minimum atomic E-state index is -0.301. The molecule has 5 N–H and O–H groups in total. The number of ether oxygens (including phenoxy) is 1. The highest BCUT2D eigenvalue weighted by atomic mass is 16.5. The quantitative estimate of drug-likeness (QED) is 0.295. The number of nitrogens with one attached hydrogen (secondary N) is 1. The third-order valence-electron chi connectivity index (χ3n) is 2.86. The average molecular weight is 254 g/mol. The van der Waals surface area contributed by atoms with E-state index in [1.54, 1.807) is 0 Å². The first-order valence-electron chi connectivity index (χ1n) is 6.69. The maximum atomic E-state index is 5.70. The summed E-state index contributed by atoms with van der Waals surface area (Å²) < 4.78 is 5.64. The zero-order valence-corrected chi connectivity index (χ0v) is 11.5. The van der Waals surface area contributed by atoms with Gasteiger partial charge in [-0.3, -0.25) is 10.7 Å². The Morgan fingerprint density at radius 3 is 2.72 bits per heavy atom. The molecule has 1 atom stereocenters. The van der Waals surface area contributed by atoms with Crippen LogP contribution in [-0.2, 0) is 4.74 Å². The third kappa shape index (κ3) is 6.02. The van der Waals surface area contributed by atoms with Gasteiger partial charge in [0.05, 0.1) is 0 Å². The van der Waals surface area contributed by atoms with E-state index in [0.717, 1.165) is 43.9 Å². The molecule has 5 nitrogen and oxygen atoms in total. The first-order chi connectivity index (χ1) is 8.59. The molecule has 0 aliphatic carbocycles. The van der Waals surface area contributed by atoms with Crippen LogP contribution in [0.4, 0.5) is 0 Å². The molecule has 0 amide bonds. The van der Waals surface area contributed by atoms with E-state index in [9.17, 15) is 0 Å². The lowest BCUT2D eigenvalue weighted by atomic mass is 9.98. The van der Waals surface area contributed by atoms with Gasteiger partial charge in [-0.25, -0.2) is 0 Å². The van der Waals surface area contributed by atoms with Gasteiger partial charge in [-0.1, -0.05) is 6.08 Å². The number of rotatable bonds is 5. The van der Waals surface area contributed by atoms with Gasteiger partial charge in [0.2, 0.25) is 0 Å². The average Bonchev–Trinajstić information content (AvgIpc) is 2.33. The molecular weight excluding hydrogens is 228 g/mol. The number of nitrogens with two attached hydrogens (primary N) is 2. The smallest absolute Gasteiger partial charge is 0.188 e. The molecule has 0 aromatic rings. The first-order valence-corrected chi connectivity index (χ1v) is 6.69. The van der Waals surface area contributed by atoms with Crippen LogP contribution in [0.5, 0.6) is 0 Å². The van der Waals surface area contributed by atoms with Crippen LogP contribution in [0, 0.1) is 5.92 Å². The summed E-state index contributed by atoms with van der Waals surface area (Å²) in [6.07, 6.45) is 4.66. The topological polar surface area (TPSA) is 85.7 Å². The molecular formula is C13H26N4O. The number of nitrogens with zero attached hydrogens (tertiary/aromatic N) is 1. The molecule has 1 saturated heterocycles. The van der Waals surface area contributed by atoms with Gasteiger partial charge >= 0.3 is 0 Å². The highest BCUT2D eigenvalue weighted by Gasteiger charge is 2.21. The second kappa shape index (κ2) is 8.11. The van der Waals surface area contributed by atoms with Gasteiger partial charge in [-0.05, 0) is 46.2 Å². The molecule has 1 unspecified atom stereocenters. The summed E-state index contributed by atoms with van der Waals surface area (Å²) in [6, 6.07) is 0. The summed E-state index contributed by atoms with van der Waals surface area (Å²) in [5.74, 6) is 1.22. The SMILES string of the molecule is C/C(N)=C/CCN=C(OC(C)N)C1CCNCC1. The largest absolute Gasteiger partial charge is 0.463 e. The van der Waals surface area contributed by atoms with Crippen LogP contribution in [0.15, 0.2) is 16.8 Å². The molecule has 5 heteroatoms. The van der Waals surface area contributed by atoms with Crippen molar-refractivity contribution in [1.29, 1.82) is 0 Å². The summed E-state index contributed by atoms with van der Waals surface area (Å²) in [6.45, 7) is 6.47. The number of hydrogen-bond acceptors (Lipinski definition) is 5. The zero-order valence-electron chi connectivity index (χ0n) is 11.5. The molecule has 1 rings (SSSR count). The van der Waals surface area contributed by atoms with E-state index in [-0.39, 0.29) is 6.23 Å². The van der Waals surface area contributed by atoms with Crippen molar-refractivity contribution in [3.05, 3.63) is 11.8 Å². The Hall–Kier alpha value is -1.07. The molecule has 18 heavy (non-hydrogen) atoms. The van der Waals surface area contributed by atoms with E-state index in [1.165, 1.54) is 0 Å². The summed E-state index contributed by atoms with van der Waals surface area (Å²) in [7, 11) is 0. The maximum Gasteiger partial charge on any atom is 0.188 e. The van der Waals surface area contributed by atoms with Crippen LogP contribution in [0.3, 0.4) is 0 Å². The lowest BCUT2D eigenvalue weighted by Crippen LogP contribution is -2.35. The molecule has 0 radical (unpaired) electrons. The molecule has 104 valence electrons. The molecule has 0 spiro atoms. The zero-order chi connectivity index (χ0) is 13.4. The molecule has 0 aromatic carbocycles. The fraction of sp³-hybridized carbons (Fsp3) is 0.769. The van der Waals surface area contributed by atoms with Gasteiger partial charge in [-0.15, -0.1) is 0 Å². The molecule has 0 bridgehead atoms. The minimum absolute atomic E-state index is 0.301. The van der Waals surface area contributed by atoms with Crippen LogP contribution in [0.25, 0.3) is 0 Å².